The summed E-state index contributed by atoms with van der Waals surface area (Å²) >= 11 is 0. The van der Waals surface area contributed by atoms with Crippen LogP contribution in [0.5, 0.6) is 0 Å². The number of allylic oxidation sites excluding steroid dienone is 9. The van der Waals surface area contributed by atoms with Crippen molar-refractivity contribution < 1.29 is 0 Å². The first-order chi connectivity index (χ1) is 32.5. The summed E-state index contributed by atoms with van der Waals surface area (Å²) < 4.78 is 0. The maximum atomic E-state index is 2.38. The molecule has 3 nitrogen and oxygen atoms in total. The molecule has 3 aliphatic rings. The summed E-state index contributed by atoms with van der Waals surface area (Å²) in [5.41, 5.74) is 15.6. The van der Waals surface area contributed by atoms with Gasteiger partial charge in [-0.15, -0.1) is 0 Å². The second-order valence-electron chi connectivity index (χ2n) is 17.0. The maximum Gasteiger partial charge on any atom is 0.0462 e. The minimum atomic E-state index is 0.569. The van der Waals surface area contributed by atoms with Crippen LogP contribution >= 0.6 is 0 Å². The van der Waals surface area contributed by atoms with Gasteiger partial charge in [0.25, 0.3) is 0 Å². The topological polar surface area (TPSA) is 9.72 Å². The molecule has 0 radical (unpaired) electrons. The molecule has 66 heavy (non-hydrogen) atoms. The van der Waals surface area contributed by atoms with Crippen molar-refractivity contribution in [3.8, 4) is 11.1 Å². The average Bonchev–Trinajstić information content (AvgIpc) is 3.38. The molecule has 7 aromatic rings. The van der Waals surface area contributed by atoms with E-state index in [2.05, 4.69) is 248 Å². The number of hydrogen-bond acceptors (Lipinski definition) is 3. The van der Waals surface area contributed by atoms with Crippen molar-refractivity contribution in [2.75, 3.05) is 14.7 Å². The third-order valence-electron chi connectivity index (χ3n) is 11.9. The highest BCUT2D eigenvalue weighted by Gasteiger charge is 2.19. The van der Waals surface area contributed by atoms with E-state index in [0.717, 1.165) is 60.5 Å². The Morgan fingerprint density at radius 3 is 0.939 bits per heavy atom. The number of para-hydroxylation sites is 2. The summed E-state index contributed by atoms with van der Waals surface area (Å²) in [5, 5.41) is 0. The van der Waals surface area contributed by atoms with Gasteiger partial charge in [-0.05, 0) is 154 Å². The SMILES string of the molecule is CC1C=CC(N(c2ccccc2)c2ccc(-c3ccc(N(C4=CCCC=C4)c4ccc(N(C5=CCCC=C5)c5ccccc5)cc4)cc3)cc2)=CC1.Cc1ccccc1.Cc1ccccc1. The van der Waals surface area contributed by atoms with Crippen LogP contribution in [0.4, 0.5) is 34.1 Å². The Kier molecular flexibility index (Phi) is 15.6. The van der Waals surface area contributed by atoms with Crippen molar-refractivity contribution in [2.45, 2.75) is 52.9 Å². The van der Waals surface area contributed by atoms with Crippen molar-refractivity contribution in [1.82, 2.24) is 0 Å². The Hall–Kier alpha value is -7.62. The van der Waals surface area contributed by atoms with Gasteiger partial charge in [0.05, 0.1) is 0 Å². The molecule has 0 N–H and O–H groups in total. The number of aryl methyl sites for hydroxylation is 2. The van der Waals surface area contributed by atoms with Gasteiger partial charge in [-0.2, -0.15) is 0 Å². The predicted octanol–water partition coefficient (Wildman–Crippen LogP) is 17.7. The fourth-order valence-corrected chi connectivity index (χ4v) is 8.33. The van der Waals surface area contributed by atoms with Gasteiger partial charge in [0.2, 0.25) is 0 Å². The minimum absolute atomic E-state index is 0.569. The van der Waals surface area contributed by atoms with Gasteiger partial charge >= 0.3 is 0 Å². The van der Waals surface area contributed by atoms with Crippen LogP contribution in [0.3, 0.4) is 0 Å². The molecule has 3 heteroatoms. The lowest BCUT2D eigenvalue weighted by Gasteiger charge is -2.30. The van der Waals surface area contributed by atoms with Crippen LogP contribution in [-0.2, 0) is 0 Å². The first kappa shape index (κ1) is 45.0. The highest BCUT2D eigenvalue weighted by atomic mass is 15.2. The second-order valence-corrected chi connectivity index (χ2v) is 17.0. The van der Waals surface area contributed by atoms with Crippen LogP contribution in [0.2, 0.25) is 0 Å². The minimum Gasteiger partial charge on any atom is -0.311 e. The van der Waals surface area contributed by atoms with E-state index in [1.165, 1.54) is 45.0 Å². The average molecular weight is 860 g/mol. The molecule has 0 spiro atoms. The van der Waals surface area contributed by atoms with Gasteiger partial charge in [0, 0.05) is 51.2 Å². The summed E-state index contributed by atoms with van der Waals surface area (Å²) in [6.07, 6.45) is 26.0. The monoisotopic (exact) mass is 859 g/mol. The van der Waals surface area contributed by atoms with Crippen LogP contribution in [0.1, 0.15) is 50.2 Å². The zero-order valence-corrected chi connectivity index (χ0v) is 38.6. The molecule has 0 bridgehead atoms. The van der Waals surface area contributed by atoms with Gasteiger partial charge in [-0.1, -0.05) is 176 Å². The van der Waals surface area contributed by atoms with Crippen LogP contribution in [0.15, 0.2) is 266 Å². The summed E-state index contributed by atoms with van der Waals surface area (Å²) in [6.45, 7) is 6.43. The molecule has 1 atom stereocenters. The highest BCUT2D eigenvalue weighted by Crippen LogP contribution is 2.39. The molecule has 328 valence electrons. The summed E-state index contributed by atoms with van der Waals surface area (Å²) in [6, 6.07) is 68.8. The van der Waals surface area contributed by atoms with E-state index in [9.17, 15) is 0 Å². The summed E-state index contributed by atoms with van der Waals surface area (Å²) in [5.74, 6) is 0.569. The van der Waals surface area contributed by atoms with E-state index >= 15 is 0 Å². The summed E-state index contributed by atoms with van der Waals surface area (Å²) in [7, 11) is 0. The fourth-order valence-electron chi connectivity index (χ4n) is 8.33. The third kappa shape index (κ3) is 11.9. The molecule has 0 heterocycles. The van der Waals surface area contributed by atoms with Gasteiger partial charge in [-0.3, -0.25) is 0 Å². The molecule has 0 saturated heterocycles. The summed E-state index contributed by atoms with van der Waals surface area (Å²) in [4.78, 5) is 7.08. The number of anilines is 6. The van der Waals surface area contributed by atoms with Crippen LogP contribution < -0.4 is 14.7 Å². The Labute approximate surface area is 394 Å². The number of benzene rings is 7. The molecule has 0 aromatic heterocycles. The van der Waals surface area contributed by atoms with Gasteiger partial charge < -0.3 is 14.7 Å². The Bertz CT molecular complexity index is 2730. The lowest BCUT2D eigenvalue weighted by molar-refractivity contribution is 0.728. The van der Waals surface area contributed by atoms with Crippen molar-refractivity contribution in [3.63, 3.8) is 0 Å². The lowest BCUT2D eigenvalue weighted by atomic mass is 10.00. The van der Waals surface area contributed by atoms with Crippen molar-refractivity contribution in [1.29, 1.82) is 0 Å². The lowest BCUT2D eigenvalue weighted by Crippen LogP contribution is -2.18. The second kappa shape index (κ2) is 22.8. The molecule has 3 aliphatic carbocycles. The Morgan fingerprint density at radius 2 is 0.652 bits per heavy atom. The van der Waals surface area contributed by atoms with Crippen molar-refractivity contribution in [3.05, 3.63) is 277 Å². The maximum absolute atomic E-state index is 2.38. The van der Waals surface area contributed by atoms with Gasteiger partial charge in [0.15, 0.2) is 0 Å². The van der Waals surface area contributed by atoms with Gasteiger partial charge in [-0.25, -0.2) is 0 Å². The van der Waals surface area contributed by atoms with E-state index in [-0.39, 0.29) is 0 Å². The van der Waals surface area contributed by atoms with E-state index < -0.39 is 0 Å². The van der Waals surface area contributed by atoms with Crippen LogP contribution in [-0.4, -0.2) is 0 Å². The van der Waals surface area contributed by atoms with E-state index in [0.29, 0.717) is 5.92 Å². The molecule has 0 fully saturated rings. The molecule has 1 unspecified atom stereocenters. The first-order valence-electron chi connectivity index (χ1n) is 23.5. The smallest absolute Gasteiger partial charge is 0.0462 e. The predicted molar refractivity (Wildman–Crippen MR) is 284 cm³/mol. The number of nitrogens with zero attached hydrogens (tertiary/aromatic N) is 3. The van der Waals surface area contributed by atoms with Crippen LogP contribution in [0, 0.1) is 19.8 Å². The Morgan fingerprint density at radius 1 is 0.333 bits per heavy atom. The fraction of sp³-hybridized carbons (Fsp3) is 0.143. The van der Waals surface area contributed by atoms with Crippen molar-refractivity contribution in [2.24, 2.45) is 5.92 Å². The molecular formula is C63H61N3. The van der Waals surface area contributed by atoms with Gasteiger partial charge in [0.1, 0.15) is 0 Å². The Balaban J connectivity index is 0.000000361. The van der Waals surface area contributed by atoms with Crippen LogP contribution in [0.25, 0.3) is 11.1 Å². The van der Waals surface area contributed by atoms with E-state index in [4.69, 9.17) is 0 Å². The molecule has 0 saturated carbocycles. The van der Waals surface area contributed by atoms with E-state index in [1.807, 2.05) is 36.4 Å². The number of rotatable bonds is 10. The quantitative estimate of drug-likeness (QED) is 0.136. The molecule has 0 aliphatic heterocycles. The zero-order chi connectivity index (χ0) is 45.3. The molecule has 7 aromatic carbocycles. The normalized spacial score (nSPS) is 14.8. The van der Waals surface area contributed by atoms with Crippen molar-refractivity contribution >= 4 is 34.1 Å². The third-order valence-corrected chi connectivity index (χ3v) is 11.9. The molecule has 0 amide bonds. The highest BCUT2D eigenvalue weighted by molar-refractivity contribution is 5.78. The number of hydrogen-bond donors (Lipinski definition) is 0. The zero-order valence-electron chi connectivity index (χ0n) is 38.6. The van der Waals surface area contributed by atoms with E-state index in [1.54, 1.807) is 0 Å². The molecule has 10 rings (SSSR count). The largest absolute Gasteiger partial charge is 0.311 e. The standard InChI is InChI=1S/C49H45N3.2C7H8/c1-38-22-28-45(29-23-38)51(43-18-10-4-11-19-43)46-30-24-39(25-31-46)40-26-32-47(33-27-40)52(44-20-12-5-13-21-44)49-36-34-48(35-37-49)50(41-14-6-2-7-15-41)42-16-8-3-9-17-42;2*1-7-5-3-2-4-6-7/h2,4,6-8,10-12,14-22,24-38H,3,5,9,13,23H2,1H3;2*2-6H,1H3. The first-order valence-corrected chi connectivity index (χ1v) is 23.5. The molecular weight excluding hydrogens is 799 g/mol.